The summed E-state index contributed by atoms with van der Waals surface area (Å²) in [6, 6.07) is 8.43. The van der Waals surface area contributed by atoms with E-state index in [1.54, 1.807) is 0 Å². The lowest BCUT2D eigenvalue weighted by atomic mass is 9.98. The largest absolute Gasteiger partial charge is 0.303 e. The quantitative estimate of drug-likeness (QED) is 0.492. The molecule has 2 rings (SSSR count). The van der Waals surface area contributed by atoms with E-state index in [9.17, 15) is 9.59 Å². The van der Waals surface area contributed by atoms with Crippen LogP contribution in [-0.4, -0.2) is 12.6 Å². The second-order valence-corrected chi connectivity index (χ2v) is 7.58. The van der Waals surface area contributed by atoms with Crippen molar-refractivity contribution in [2.45, 2.75) is 52.8 Å². The molecule has 0 saturated carbocycles. The van der Waals surface area contributed by atoms with Gasteiger partial charge < -0.3 is 9.59 Å². The predicted octanol–water partition coefficient (Wildman–Crippen LogP) is 5.60. The summed E-state index contributed by atoms with van der Waals surface area (Å²) >= 11 is 3.34. The molecule has 0 saturated heterocycles. The van der Waals surface area contributed by atoms with Gasteiger partial charge in [-0.15, -0.1) is 0 Å². The lowest BCUT2D eigenvalue weighted by Gasteiger charge is -2.12. The molecule has 0 spiro atoms. The second-order valence-electron chi connectivity index (χ2n) is 6.60. The summed E-state index contributed by atoms with van der Waals surface area (Å²) in [7, 11) is 0. The van der Waals surface area contributed by atoms with Gasteiger partial charge in [-0.05, 0) is 74.9 Å². The van der Waals surface area contributed by atoms with Gasteiger partial charge in [0, 0.05) is 6.42 Å². The molecule has 0 aromatic heterocycles. The van der Waals surface area contributed by atoms with E-state index in [2.05, 4.69) is 67.9 Å². The van der Waals surface area contributed by atoms with Crippen molar-refractivity contribution < 1.29 is 9.59 Å². The molecule has 0 bridgehead atoms. The van der Waals surface area contributed by atoms with Crippen LogP contribution < -0.4 is 0 Å². The number of hydrogen-bond acceptors (Lipinski definition) is 2. The van der Waals surface area contributed by atoms with Crippen LogP contribution in [0.15, 0.2) is 24.3 Å². The minimum absolute atomic E-state index is 0.173. The van der Waals surface area contributed by atoms with Crippen LogP contribution in [0.1, 0.15) is 49.3 Å². The Bertz CT molecular complexity index is 717. The standard InChI is InChI=1S/C11H13BrO.C11H14O/c1-7-4-8(2)11(9(3)5-7)10(12)6-13;1-8-6-9(2)11(4-5-12)10(3)7-8/h4-6,10H,1-3H3;5-7H,4H2,1-3H3. The van der Waals surface area contributed by atoms with Gasteiger partial charge in [0.25, 0.3) is 0 Å². The van der Waals surface area contributed by atoms with Crippen molar-refractivity contribution in [3.63, 3.8) is 0 Å². The highest BCUT2D eigenvalue weighted by molar-refractivity contribution is 9.09. The average molecular weight is 403 g/mol. The second kappa shape index (κ2) is 9.67. The van der Waals surface area contributed by atoms with Gasteiger partial charge in [0.2, 0.25) is 0 Å². The molecule has 0 heterocycles. The number of carbonyl (C=O) groups is 2. The van der Waals surface area contributed by atoms with Gasteiger partial charge >= 0.3 is 0 Å². The minimum atomic E-state index is -0.173. The van der Waals surface area contributed by atoms with Gasteiger partial charge in [-0.2, -0.15) is 0 Å². The maximum absolute atomic E-state index is 10.6. The fourth-order valence-electron chi connectivity index (χ4n) is 3.31. The molecule has 0 N–H and O–H groups in total. The lowest BCUT2D eigenvalue weighted by Crippen LogP contribution is -1.98. The first-order valence-corrected chi connectivity index (χ1v) is 9.30. The van der Waals surface area contributed by atoms with Crippen molar-refractivity contribution in [2.75, 3.05) is 0 Å². The summed E-state index contributed by atoms with van der Waals surface area (Å²) in [6.45, 7) is 12.3. The summed E-state index contributed by atoms with van der Waals surface area (Å²) in [5.74, 6) is 0. The molecule has 3 heteroatoms. The summed E-state index contributed by atoms with van der Waals surface area (Å²) in [6.07, 6.45) is 2.42. The predicted molar refractivity (Wildman–Crippen MR) is 109 cm³/mol. The van der Waals surface area contributed by atoms with E-state index in [1.807, 2.05) is 13.8 Å². The fourth-order valence-corrected chi connectivity index (χ4v) is 4.03. The molecule has 0 fully saturated rings. The van der Waals surface area contributed by atoms with Crippen LogP contribution in [0, 0.1) is 41.5 Å². The summed E-state index contributed by atoms with van der Waals surface area (Å²) < 4.78 is 0. The molecule has 0 aliphatic rings. The third-order valence-electron chi connectivity index (χ3n) is 4.26. The van der Waals surface area contributed by atoms with E-state index < -0.39 is 0 Å². The van der Waals surface area contributed by atoms with Gasteiger partial charge in [-0.25, -0.2) is 0 Å². The van der Waals surface area contributed by atoms with E-state index in [0.717, 1.165) is 18.1 Å². The zero-order valence-corrected chi connectivity index (χ0v) is 17.5. The van der Waals surface area contributed by atoms with Crippen LogP contribution in [0.3, 0.4) is 0 Å². The highest BCUT2D eigenvalue weighted by atomic mass is 79.9. The molecule has 25 heavy (non-hydrogen) atoms. The first kappa shape index (κ1) is 21.3. The zero-order valence-electron chi connectivity index (χ0n) is 15.9. The number of carbonyl (C=O) groups excluding carboxylic acids is 2. The molecule has 0 amide bonds. The highest BCUT2D eigenvalue weighted by Crippen LogP contribution is 2.27. The first-order chi connectivity index (χ1) is 11.7. The Hall–Kier alpha value is -1.74. The molecule has 2 nitrogen and oxygen atoms in total. The SMILES string of the molecule is Cc1cc(C)c(C(Br)C=O)c(C)c1.Cc1cc(C)c(CC=O)c(C)c1. The molecule has 1 unspecified atom stereocenters. The summed E-state index contributed by atoms with van der Waals surface area (Å²) in [5.41, 5.74) is 9.57. The highest BCUT2D eigenvalue weighted by Gasteiger charge is 2.11. The maximum Gasteiger partial charge on any atom is 0.138 e. The number of benzene rings is 2. The van der Waals surface area contributed by atoms with Crippen molar-refractivity contribution in [2.24, 2.45) is 0 Å². The van der Waals surface area contributed by atoms with Gasteiger partial charge in [0.15, 0.2) is 0 Å². The molecular weight excluding hydrogens is 376 g/mol. The number of aryl methyl sites for hydroxylation is 6. The van der Waals surface area contributed by atoms with E-state index in [-0.39, 0.29) is 4.83 Å². The Labute approximate surface area is 159 Å². The average Bonchev–Trinajstić information content (AvgIpc) is 2.50. The van der Waals surface area contributed by atoms with Crippen molar-refractivity contribution in [3.8, 4) is 0 Å². The normalized spacial score (nSPS) is 11.3. The van der Waals surface area contributed by atoms with E-state index in [0.29, 0.717) is 6.42 Å². The summed E-state index contributed by atoms with van der Waals surface area (Å²) in [4.78, 5) is 20.8. The number of hydrogen-bond donors (Lipinski definition) is 0. The van der Waals surface area contributed by atoms with Crippen LogP contribution in [0.25, 0.3) is 0 Å². The van der Waals surface area contributed by atoms with Crippen molar-refractivity contribution >= 4 is 28.5 Å². The van der Waals surface area contributed by atoms with Crippen LogP contribution in [0.5, 0.6) is 0 Å². The fraction of sp³-hybridized carbons (Fsp3) is 0.364. The Morgan fingerprint density at radius 2 is 1.20 bits per heavy atom. The van der Waals surface area contributed by atoms with Crippen LogP contribution >= 0.6 is 15.9 Å². The van der Waals surface area contributed by atoms with E-state index >= 15 is 0 Å². The van der Waals surface area contributed by atoms with Gasteiger partial charge in [-0.3, -0.25) is 0 Å². The third kappa shape index (κ3) is 5.93. The smallest absolute Gasteiger partial charge is 0.138 e. The van der Waals surface area contributed by atoms with Crippen molar-refractivity contribution in [1.29, 1.82) is 0 Å². The topological polar surface area (TPSA) is 34.1 Å². The third-order valence-corrected chi connectivity index (χ3v) is 4.93. The maximum atomic E-state index is 10.6. The van der Waals surface area contributed by atoms with Gasteiger partial charge in [0.05, 0.1) is 4.83 Å². The number of aldehydes is 2. The van der Waals surface area contributed by atoms with Crippen molar-refractivity contribution in [1.82, 2.24) is 0 Å². The molecule has 134 valence electrons. The molecule has 0 aliphatic heterocycles. The summed E-state index contributed by atoms with van der Waals surface area (Å²) in [5, 5.41) is 0. The zero-order chi connectivity index (χ0) is 19.1. The van der Waals surface area contributed by atoms with Gasteiger partial charge in [0.1, 0.15) is 12.6 Å². The van der Waals surface area contributed by atoms with Crippen LogP contribution in [0.2, 0.25) is 0 Å². The molecule has 1 atom stereocenters. The van der Waals surface area contributed by atoms with Crippen molar-refractivity contribution in [3.05, 3.63) is 68.8 Å². The molecule has 0 radical (unpaired) electrons. The number of rotatable bonds is 4. The first-order valence-electron chi connectivity index (χ1n) is 8.38. The minimum Gasteiger partial charge on any atom is -0.303 e. The van der Waals surface area contributed by atoms with E-state index in [4.69, 9.17) is 0 Å². The number of alkyl halides is 1. The Morgan fingerprint density at radius 1 is 0.800 bits per heavy atom. The molecular formula is C22H27BrO2. The lowest BCUT2D eigenvalue weighted by molar-refractivity contribution is -0.108. The van der Waals surface area contributed by atoms with E-state index in [1.165, 1.54) is 38.9 Å². The number of halogens is 1. The molecule has 0 aliphatic carbocycles. The Kier molecular flexibility index (Phi) is 8.24. The Balaban J connectivity index is 0.000000251. The monoisotopic (exact) mass is 402 g/mol. The van der Waals surface area contributed by atoms with Gasteiger partial charge in [-0.1, -0.05) is 51.3 Å². The molecule has 2 aromatic rings. The molecule has 2 aromatic carbocycles. The van der Waals surface area contributed by atoms with Crippen LogP contribution in [-0.2, 0) is 16.0 Å². The van der Waals surface area contributed by atoms with Crippen LogP contribution in [0.4, 0.5) is 0 Å². The Morgan fingerprint density at radius 3 is 1.56 bits per heavy atom.